The van der Waals surface area contributed by atoms with Crippen molar-refractivity contribution in [3.05, 3.63) is 35.4 Å². The zero-order valence-electron chi connectivity index (χ0n) is 9.16. The summed E-state index contributed by atoms with van der Waals surface area (Å²) in [5, 5.41) is 0. The van der Waals surface area contributed by atoms with Crippen molar-refractivity contribution < 1.29 is 0 Å². The van der Waals surface area contributed by atoms with Gasteiger partial charge in [-0.15, -0.1) is 0 Å². The van der Waals surface area contributed by atoms with Crippen molar-refractivity contribution in [1.82, 2.24) is 4.90 Å². The molecule has 0 bridgehead atoms. The Morgan fingerprint density at radius 3 is 2.21 bits per heavy atom. The third kappa shape index (κ3) is 1.98. The first kappa shape index (κ1) is 9.72. The van der Waals surface area contributed by atoms with Crippen molar-refractivity contribution in [1.29, 1.82) is 0 Å². The molecule has 14 heavy (non-hydrogen) atoms. The van der Waals surface area contributed by atoms with Gasteiger partial charge in [0.1, 0.15) is 0 Å². The number of hydrogen-bond donors (Lipinski definition) is 0. The van der Waals surface area contributed by atoms with Crippen molar-refractivity contribution in [3.63, 3.8) is 0 Å². The van der Waals surface area contributed by atoms with Crippen LogP contribution in [-0.4, -0.2) is 18.0 Å². The summed E-state index contributed by atoms with van der Waals surface area (Å²) in [6.45, 7) is 7.00. The maximum Gasteiger partial charge on any atom is 0.0319 e. The second-order valence-electron chi connectivity index (χ2n) is 4.33. The Bertz CT molecular complexity index is 283. The van der Waals surface area contributed by atoms with Crippen LogP contribution < -0.4 is 0 Å². The zero-order chi connectivity index (χ0) is 9.97. The topological polar surface area (TPSA) is 3.24 Å². The summed E-state index contributed by atoms with van der Waals surface area (Å²) in [6.07, 6.45) is 2.74. The molecule has 0 amide bonds. The van der Waals surface area contributed by atoms with Gasteiger partial charge < -0.3 is 0 Å². The molecular formula is C13H19N. The van der Waals surface area contributed by atoms with Gasteiger partial charge in [-0.25, -0.2) is 0 Å². The van der Waals surface area contributed by atoms with E-state index in [9.17, 15) is 0 Å². The number of nitrogens with zero attached hydrogens (tertiary/aromatic N) is 1. The van der Waals surface area contributed by atoms with Crippen LogP contribution in [0, 0.1) is 6.92 Å². The average Bonchev–Trinajstić information content (AvgIpc) is 2.71. The summed E-state index contributed by atoms with van der Waals surface area (Å²) in [5.41, 5.74) is 2.81. The van der Waals surface area contributed by atoms with E-state index in [1.165, 1.54) is 37.1 Å². The van der Waals surface area contributed by atoms with Crippen molar-refractivity contribution in [3.8, 4) is 0 Å². The largest absolute Gasteiger partial charge is 0.297 e. The van der Waals surface area contributed by atoms with Gasteiger partial charge in [0, 0.05) is 6.04 Å². The predicted octanol–water partition coefficient (Wildman–Crippen LogP) is 3.15. The fourth-order valence-electron chi connectivity index (χ4n) is 2.18. The SMILES string of the molecule is Cc1ccc([C@H](C)N2CCCC2)cc1. The van der Waals surface area contributed by atoms with Gasteiger partial charge in [0.05, 0.1) is 0 Å². The molecule has 76 valence electrons. The van der Waals surface area contributed by atoms with Crippen LogP contribution >= 0.6 is 0 Å². The molecular weight excluding hydrogens is 170 g/mol. The maximum absolute atomic E-state index is 2.57. The van der Waals surface area contributed by atoms with E-state index in [0.717, 1.165) is 0 Å². The minimum atomic E-state index is 0.595. The van der Waals surface area contributed by atoms with Gasteiger partial charge >= 0.3 is 0 Å². The molecule has 0 spiro atoms. The van der Waals surface area contributed by atoms with Crippen molar-refractivity contribution >= 4 is 0 Å². The highest BCUT2D eigenvalue weighted by atomic mass is 15.2. The molecule has 0 saturated carbocycles. The van der Waals surface area contributed by atoms with Crippen LogP contribution in [0.4, 0.5) is 0 Å². The molecule has 1 saturated heterocycles. The normalized spacial score (nSPS) is 19.9. The first-order chi connectivity index (χ1) is 6.77. The van der Waals surface area contributed by atoms with E-state index in [4.69, 9.17) is 0 Å². The highest BCUT2D eigenvalue weighted by Crippen LogP contribution is 2.24. The van der Waals surface area contributed by atoms with Crippen LogP contribution in [0.1, 0.15) is 36.9 Å². The Morgan fingerprint density at radius 2 is 1.64 bits per heavy atom. The second-order valence-corrected chi connectivity index (χ2v) is 4.33. The first-order valence-corrected chi connectivity index (χ1v) is 5.58. The molecule has 1 nitrogen and oxygen atoms in total. The average molecular weight is 189 g/mol. The second kappa shape index (κ2) is 4.14. The molecule has 0 aliphatic carbocycles. The zero-order valence-corrected chi connectivity index (χ0v) is 9.16. The number of aryl methyl sites for hydroxylation is 1. The Kier molecular flexibility index (Phi) is 2.87. The molecule has 1 aromatic carbocycles. The summed E-state index contributed by atoms with van der Waals surface area (Å²) in [6, 6.07) is 9.54. The summed E-state index contributed by atoms with van der Waals surface area (Å²) in [5.74, 6) is 0. The van der Waals surface area contributed by atoms with E-state index in [2.05, 4.69) is 43.0 Å². The molecule has 0 aromatic heterocycles. The Balaban J connectivity index is 2.09. The lowest BCUT2D eigenvalue weighted by Gasteiger charge is -2.24. The molecule has 1 fully saturated rings. The molecule has 1 heterocycles. The minimum absolute atomic E-state index is 0.595. The van der Waals surface area contributed by atoms with E-state index in [1.807, 2.05) is 0 Å². The van der Waals surface area contributed by atoms with Gasteiger partial charge in [-0.05, 0) is 45.3 Å². The lowest BCUT2D eigenvalue weighted by Crippen LogP contribution is -2.23. The van der Waals surface area contributed by atoms with Gasteiger partial charge in [0.25, 0.3) is 0 Å². The van der Waals surface area contributed by atoms with Crippen LogP contribution in [-0.2, 0) is 0 Å². The van der Waals surface area contributed by atoms with Gasteiger partial charge in [-0.1, -0.05) is 29.8 Å². The number of hydrogen-bond acceptors (Lipinski definition) is 1. The third-order valence-corrected chi connectivity index (χ3v) is 3.25. The standard InChI is InChI=1S/C13H19N/c1-11-5-7-13(8-6-11)12(2)14-9-3-4-10-14/h5-8,12H,3-4,9-10H2,1-2H3/t12-/m0/s1. The quantitative estimate of drug-likeness (QED) is 0.690. The highest BCUT2D eigenvalue weighted by molar-refractivity contribution is 5.23. The fraction of sp³-hybridized carbons (Fsp3) is 0.538. The van der Waals surface area contributed by atoms with Gasteiger partial charge in [-0.3, -0.25) is 4.90 Å². The molecule has 1 aliphatic heterocycles. The molecule has 1 aliphatic rings. The van der Waals surface area contributed by atoms with E-state index in [1.54, 1.807) is 0 Å². The Hall–Kier alpha value is -0.820. The predicted molar refractivity (Wildman–Crippen MR) is 60.4 cm³/mol. The van der Waals surface area contributed by atoms with Crippen LogP contribution in [0.25, 0.3) is 0 Å². The Morgan fingerprint density at radius 1 is 1.07 bits per heavy atom. The lowest BCUT2D eigenvalue weighted by atomic mass is 10.1. The van der Waals surface area contributed by atoms with Crippen molar-refractivity contribution in [2.24, 2.45) is 0 Å². The number of likely N-dealkylation sites (tertiary alicyclic amines) is 1. The van der Waals surface area contributed by atoms with Crippen LogP contribution in [0.3, 0.4) is 0 Å². The summed E-state index contributed by atoms with van der Waals surface area (Å²) in [7, 11) is 0. The summed E-state index contributed by atoms with van der Waals surface area (Å²) < 4.78 is 0. The number of benzene rings is 1. The molecule has 0 radical (unpaired) electrons. The van der Waals surface area contributed by atoms with Crippen LogP contribution in [0.5, 0.6) is 0 Å². The van der Waals surface area contributed by atoms with Crippen LogP contribution in [0.15, 0.2) is 24.3 Å². The number of rotatable bonds is 2. The van der Waals surface area contributed by atoms with E-state index >= 15 is 0 Å². The van der Waals surface area contributed by atoms with Gasteiger partial charge in [-0.2, -0.15) is 0 Å². The summed E-state index contributed by atoms with van der Waals surface area (Å²) in [4.78, 5) is 2.57. The molecule has 1 heteroatoms. The Labute approximate surface area is 86.7 Å². The molecule has 2 rings (SSSR count). The fourth-order valence-corrected chi connectivity index (χ4v) is 2.18. The molecule has 1 atom stereocenters. The van der Waals surface area contributed by atoms with E-state index in [0.29, 0.717) is 6.04 Å². The van der Waals surface area contributed by atoms with Crippen LogP contribution in [0.2, 0.25) is 0 Å². The monoisotopic (exact) mass is 189 g/mol. The van der Waals surface area contributed by atoms with Gasteiger partial charge in [0.15, 0.2) is 0 Å². The van der Waals surface area contributed by atoms with Crippen molar-refractivity contribution in [2.45, 2.75) is 32.7 Å². The van der Waals surface area contributed by atoms with E-state index < -0.39 is 0 Å². The maximum atomic E-state index is 2.57. The molecule has 0 N–H and O–H groups in total. The minimum Gasteiger partial charge on any atom is -0.297 e. The smallest absolute Gasteiger partial charge is 0.0319 e. The highest BCUT2D eigenvalue weighted by Gasteiger charge is 2.18. The molecule has 1 aromatic rings. The molecule has 0 unspecified atom stereocenters. The first-order valence-electron chi connectivity index (χ1n) is 5.58. The van der Waals surface area contributed by atoms with Crippen molar-refractivity contribution in [2.75, 3.05) is 13.1 Å². The third-order valence-electron chi connectivity index (χ3n) is 3.25. The van der Waals surface area contributed by atoms with Gasteiger partial charge in [0.2, 0.25) is 0 Å². The van der Waals surface area contributed by atoms with E-state index in [-0.39, 0.29) is 0 Å². The summed E-state index contributed by atoms with van der Waals surface area (Å²) >= 11 is 0. The lowest BCUT2D eigenvalue weighted by molar-refractivity contribution is 0.263.